The molecule has 1 fully saturated rings. The van der Waals surface area contributed by atoms with E-state index in [1.807, 2.05) is 60.7 Å². The number of hydrogen-bond donors (Lipinski definition) is 1. The SMILES string of the molecule is O=C(O)C[C@H](c1ccccc1)N1C(=O)/C(=C/c2ccccc2)SC1=S. The van der Waals surface area contributed by atoms with Crippen molar-refractivity contribution in [3.8, 4) is 0 Å². The van der Waals surface area contributed by atoms with Crippen LogP contribution in [0.1, 0.15) is 23.6 Å². The number of aliphatic carboxylic acids is 1. The number of thioether (sulfide) groups is 1. The van der Waals surface area contributed by atoms with Crippen molar-refractivity contribution in [2.24, 2.45) is 0 Å². The largest absolute Gasteiger partial charge is 0.481 e. The maximum Gasteiger partial charge on any atom is 0.305 e. The summed E-state index contributed by atoms with van der Waals surface area (Å²) < 4.78 is 0.377. The fourth-order valence-corrected chi connectivity index (χ4v) is 4.00. The molecule has 1 atom stereocenters. The topological polar surface area (TPSA) is 57.6 Å². The first-order valence-electron chi connectivity index (χ1n) is 7.65. The highest BCUT2D eigenvalue weighted by atomic mass is 32.2. The van der Waals surface area contributed by atoms with E-state index in [0.29, 0.717) is 9.23 Å². The molecule has 3 rings (SSSR count). The van der Waals surface area contributed by atoms with Crippen molar-refractivity contribution in [3.05, 3.63) is 76.7 Å². The predicted octanol–water partition coefficient (Wildman–Crippen LogP) is 4.10. The van der Waals surface area contributed by atoms with Gasteiger partial charge >= 0.3 is 5.97 Å². The number of amides is 1. The number of benzene rings is 2. The van der Waals surface area contributed by atoms with Crippen LogP contribution in [0.25, 0.3) is 6.08 Å². The Morgan fingerprint density at radius 3 is 2.32 bits per heavy atom. The monoisotopic (exact) mass is 369 g/mol. The second-order valence-corrected chi connectivity index (χ2v) is 7.16. The standard InChI is InChI=1S/C19H15NO3S2/c21-17(22)12-15(14-9-5-2-6-10-14)20-18(23)16(25-19(20)24)11-13-7-3-1-4-8-13/h1-11,15H,12H2,(H,21,22)/b16-11-/t15-/m1/s1. The van der Waals surface area contributed by atoms with E-state index in [0.717, 1.165) is 11.1 Å². The number of rotatable bonds is 5. The van der Waals surface area contributed by atoms with E-state index < -0.39 is 12.0 Å². The zero-order valence-corrected chi connectivity index (χ0v) is 14.8. The van der Waals surface area contributed by atoms with Gasteiger partial charge in [0.25, 0.3) is 5.91 Å². The molecule has 0 bridgehead atoms. The summed E-state index contributed by atoms with van der Waals surface area (Å²) in [4.78, 5) is 26.1. The van der Waals surface area contributed by atoms with Gasteiger partial charge in [-0.2, -0.15) is 0 Å². The van der Waals surface area contributed by atoms with Crippen LogP contribution in [-0.2, 0) is 9.59 Å². The lowest BCUT2D eigenvalue weighted by Crippen LogP contribution is -2.34. The molecule has 1 N–H and O–H groups in total. The molecule has 1 amide bonds. The molecule has 1 aliphatic rings. The van der Waals surface area contributed by atoms with Crippen molar-refractivity contribution in [3.63, 3.8) is 0 Å². The third kappa shape index (κ3) is 3.97. The third-order valence-electron chi connectivity index (χ3n) is 3.78. The Labute approximate surface area is 155 Å². The van der Waals surface area contributed by atoms with Crippen LogP contribution >= 0.6 is 24.0 Å². The maximum atomic E-state index is 12.9. The van der Waals surface area contributed by atoms with Gasteiger partial charge in [-0.1, -0.05) is 84.6 Å². The highest BCUT2D eigenvalue weighted by Crippen LogP contribution is 2.39. The first-order chi connectivity index (χ1) is 12.1. The van der Waals surface area contributed by atoms with Gasteiger partial charge in [0.15, 0.2) is 0 Å². The molecule has 1 aliphatic heterocycles. The van der Waals surface area contributed by atoms with Crippen molar-refractivity contribution in [1.29, 1.82) is 0 Å². The quantitative estimate of drug-likeness (QED) is 0.635. The fraction of sp³-hybridized carbons (Fsp3) is 0.105. The van der Waals surface area contributed by atoms with E-state index in [-0.39, 0.29) is 12.3 Å². The number of thiocarbonyl (C=S) groups is 1. The third-order valence-corrected chi connectivity index (χ3v) is 5.12. The minimum Gasteiger partial charge on any atom is -0.481 e. The molecule has 25 heavy (non-hydrogen) atoms. The molecule has 0 spiro atoms. The number of hydrogen-bond acceptors (Lipinski definition) is 4. The molecule has 4 nitrogen and oxygen atoms in total. The zero-order valence-electron chi connectivity index (χ0n) is 13.2. The van der Waals surface area contributed by atoms with Crippen LogP contribution in [-0.4, -0.2) is 26.2 Å². The van der Waals surface area contributed by atoms with Gasteiger partial charge in [0, 0.05) is 0 Å². The van der Waals surface area contributed by atoms with Gasteiger partial charge in [-0.05, 0) is 17.2 Å². The highest BCUT2D eigenvalue weighted by Gasteiger charge is 2.38. The summed E-state index contributed by atoms with van der Waals surface area (Å²) in [7, 11) is 0. The lowest BCUT2D eigenvalue weighted by molar-refractivity contribution is -0.138. The Morgan fingerprint density at radius 1 is 1.12 bits per heavy atom. The molecule has 0 aromatic heterocycles. The summed E-state index contributed by atoms with van der Waals surface area (Å²) in [6.07, 6.45) is 1.58. The summed E-state index contributed by atoms with van der Waals surface area (Å²) in [6, 6.07) is 18.0. The number of carboxylic acids is 1. The second-order valence-electron chi connectivity index (χ2n) is 5.49. The Balaban J connectivity index is 1.94. The van der Waals surface area contributed by atoms with Gasteiger partial charge in [0.05, 0.1) is 17.4 Å². The van der Waals surface area contributed by atoms with E-state index in [9.17, 15) is 14.7 Å². The van der Waals surface area contributed by atoms with Gasteiger partial charge in [-0.25, -0.2) is 0 Å². The Morgan fingerprint density at radius 2 is 1.72 bits per heavy atom. The first-order valence-corrected chi connectivity index (χ1v) is 8.87. The smallest absolute Gasteiger partial charge is 0.305 e. The molecule has 6 heteroatoms. The number of carbonyl (C=O) groups is 2. The van der Waals surface area contributed by atoms with Gasteiger partial charge in [0.2, 0.25) is 0 Å². The Hall–Kier alpha value is -2.44. The summed E-state index contributed by atoms with van der Waals surface area (Å²) in [5.41, 5.74) is 1.65. The second kappa shape index (κ2) is 7.63. The van der Waals surface area contributed by atoms with Crippen molar-refractivity contribution < 1.29 is 14.7 Å². The van der Waals surface area contributed by atoms with E-state index >= 15 is 0 Å². The average molecular weight is 369 g/mol. The van der Waals surface area contributed by atoms with Gasteiger partial charge in [-0.3, -0.25) is 14.5 Å². The van der Waals surface area contributed by atoms with E-state index in [2.05, 4.69) is 0 Å². The lowest BCUT2D eigenvalue weighted by Gasteiger charge is -2.26. The van der Waals surface area contributed by atoms with Gasteiger partial charge in [0.1, 0.15) is 4.32 Å². The van der Waals surface area contributed by atoms with Crippen LogP contribution in [0.2, 0.25) is 0 Å². The minimum absolute atomic E-state index is 0.199. The zero-order chi connectivity index (χ0) is 17.8. The maximum absolute atomic E-state index is 12.9. The number of carbonyl (C=O) groups excluding carboxylic acids is 1. The summed E-state index contributed by atoms with van der Waals surface area (Å²) in [6.45, 7) is 0. The predicted molar refractivity (Wildman–Crippen MR) is 103 cm³/mol. The molecule has 0 saturated carbocycles. The normalized spacial score (nSPS) is 17.1. The molecule has 0 aliphatic carbocycles. The molecule has 2 aromatic carbocycles. The number of carboxylic acid groups (broad SMARTS) is 1. The minimum atomic E-state index is -0.977. The fourth-order valence-electron chi connectivity index (χ4n) is 2.65. The molecule has 0 unspecified atom stereocenters. The summed E-state index contributed by atoms with van der Waals surface area (Å²) in [5, 5.41) is 9.28. The van der Waals surface area contributed by atoms with Crippen molar-refractivity contribution in [2.75, 3.05) is 0 Å². The molecule has 126 valence electrons. The molecule has 1 saturated heterocycles. The molecule has 2 aromatic rings. The Kier molecular flexibility index (Phi) is 5.31. The molecular formula is C19H15NO3S2. The summed E-state index contributed by atoms with van der Waals surface area (Å²) >= 11 is 6.58. The molecule has 0 radical (unpaired) electrons. The molecule has 1 heterocycles. The Bertz CT molecular complexity index is 834. The van der Waals surface area contributed by atoms with Crippen molar-refractivity contribution in [2.45, 2.75) is 12.5 Å². The van der Waals surface area contributed by atoms with Crippen molar-refractivity contribution >= 4 is 46.3 Å². The summed E-state index contributed by atoms with van der Waals surface area (Å²) in [5.74, 6) is -1.23. The van der Waals surface area contributed by atoms with Crippen LogP contribution in [0.4, 0.5) is 0 Å². The average Bonchev–Trinajstić information content (AvgIpc) is 2.88. The van der Waals surface area contributed by atoms with Crippen LogP contribution in [0.5, 0.6) is 0 Å². The van der Waals surface area contributed by atoms with Crippen LogP contribution in [0.3, 0.4) is 0 Å². The van der Waals surface area contributed by atoms with Crippen LogP contribution < -0.4 is 0 Å². The highest BCUT2D eigenvalue weighted by molar-refractivity contribution is 8.26. The number of nitrogens with zero attached hydrogens (tertiary/aromatic N) is 1. The lowest BCUT2D eigenvalue weighted by atomic mass is 10.0. The van der Waals surface area contributed by atoms with Gasteiger partial charge in [-0.15, -0.1) is 0 Å². The molecular weight excluding hydrogens is 354 g/mol. The van der Waals surface area contributed by atoms with Gasteiger partial charge < -0.3 is 5.11 Å². The van der Waals surface area contributed by atoms with Crippen LogP contribution in [0.15, 0.2) is 65.6 Å². The van der Waals surface area contributed by atoms with Crippen molar-refractivity contribution in [1.82, 2.24) is 4.90 Å². The van der Waals surface area contributed by atoms with E-state index in [4.69, 9.17) is 12.2 Å². The van der Waals surface area contributed by atoms with E-state index in [1.54, 1.807) is 6.08 Å². The first kappa shape index (κ1) is 17.4. The van der Waals surface area contributed by atoms with E-state index in [1.165, 1.54) is 16.7 Å². The van der Waals surface area contributed by atoms with Crippen LogP contribution in [0, 0.1) is 0 Å².